The molecule has 0 saturated heterocycles. The number of aliphatic hydroxyl groups excluding tert-OH is 1. The van der Waals surface area contributed by atoms with Crippen LogP contribution >= 0.6 is 0 Å². The Morgan fingerprint density at radius 1 is 0.950 bits per heavy atom. The van der Waals surface area contributed by atoms with E-state index < -0.39 is 30.1 Å². The normalized spacial score (nSPS) is 15.0. The minimum absolute atomic E-state index is 0.102. The molecule has 1 heterocycles. The third-order valence-corrected chi connectivity index (χ3v) is 2.76. The van der Waals surface area contributed by atoms with Crippen molar-refractivity contribution < 1.29 is 35.9 Å². The minimum atomic E-state index is -5.63. The summed E-state index contributed by atoms with van der Waals surface area (Å²) in [4.78, 5) is 0. The van der Waals surface area contributed by atoms with Gasteiger partial charge in [0.15, 0.2) is 5.92 Å². The highest BCUT2D eigenvalue weighted by Gasteiger charge is 2.61. The van der Waals surface area contributed by atoms with E-state index in [4.69, 9.17) is 4.42 Å². The molecule has 0 bridgehead atoms. The first-order valence-corrected chi connectivity index (χ1v) is 5.40. The number of hydrogen-bond donors (Lipinski definition) is 1. The lowest BCUT2D eigenvalue weighted by atomic mass is 9.99. The van der Waals surface area contributed by atoms with Gasteiger partial charge in [-0.2, -0.15) is 26.3 Å². The molecule has 0 amide bonds. The zero-order valence-corrected chi connectivity index (χ0v) is 9.66. The minimum Gasteiger partial charge on any atom is -0.458 e. The number of halogens is 6. The molecule has 2 rings (SSSR count). The largest absolute Gasteiger partial charge is 0.458 e. The predicted molar refractivity (Wildman–Crippen MR) is 56.8 cm³/mol. The van der Waals surface area contributed by atoms with Crippen molar-refractivity contribution in [3.05, 3.63) is 36.1 Å². The van der Waals surface area contributed by atoms with Crippen LogP contribution in [0.4, 0.5) is 26.3 Å². The van der Waals surface area contributed by atoms with Crippen molar-refractivity contribution in [3.8, 4) is 0 Å². The van der Waals surface area contributed by atoms with E-state index in [1.165, 1.54) is 18.2 Å². The van der Waals surface area contributed by atoms with Crippen molar-refractivity contribution in [2.75, 3.05) is 0 Å². The Bertz CT molecular complexity index is 551. The molecule has 0 aliphatic carbocycles. The van der Waals surface area contributed by atoms with Crippen LogP contribution in [0.5, 0.6) is 0 Å². The first-order chi connectivity index (χ1) is 9.10. The molecule has 1 unspecified atom stereocenters. The fourth-order valence-corrected chi connectivity index (χ4v) is 1.86. The lowest BCUT2D eigenvalue weighted by molar-refractivity contribution is -0.309. The Morgan fingerprint density at radius 2 is 1.50 bits per heavy atom. The molecule has 2 aromatic rings. The lowest BCUT2D eigenvalue weighted by Crippen LogP contribution is -2.40. The van der Waals surface area contributed by atoms with Crippen molar-refractivity contribution in [1.29, 1.82) is 0 Å². The Morgan fingerprint density at radius 3 is 2.00 bits per heavy atom. The zero-order chi connectivity index (χ0) is 15.1. The van der Waals surface area contributed by atoms with Crippen LogP contribution in [0.1, 0.15) is 11.9 Å². The molecular formula is C12H8F6O2. The Balaban J connectivity index is 2.44. The van der Waals surface area contributed by atoms with Crippen LogP contribution in [0.2, 0.25) is 0 Å². The molecule has 0 spiro atoms. The van der Waals surface area contributed by atoms with E-state index in [0.717, 1.165) is 6.07 Å². The van der Waals surface area contributed by atoms with Crippen LogP contribution < -0.4 is 0 Å². The standard InChI is InChI=1S/C12H8F6O2/c13-11(14,15)10(12(16,17)18)9(19)8-5-6-3-1-2-4-7(6)20-8/h1-5,9-10,19H. The summed E-state index contributed by atoms with van der Waals surface area (Å²) in [7, 11) is 0. The summed E-state index contributed by atoms with van der Waals surface area (Å²) in [5, 5.41) is 9.73. The quantitative estimate of drug-likeness (QED) is 0.843. The molecule has 20 heavy (non-hydrogen) atoms. The van der Waals surface area contributed by atoms with Crippen molar-refractivity contribution in [2.24, 2.45) is 5.92 Å². The molecule has 0 aliphatic rings. The summed E-state index contributed by atoms with van der Waals surface area (Å²) >= 11 is 0. The fraction of sp³-hybridized carbons (Fsp3) is 0.333. The average Bonchev–Trinajstić information content (AvgIpc) is 2.68. The molecule has 1 N–H and O–H groups in total. The van der Waals surface area contributed by atoms with Crippen molar-refractivity contribution in [2.45, 2.75) is 18.5 Å². The number of aliphatic hydroxyl groups is 1. The SMILES string of the molecule is OC(c1cc2ccccc2o1)C(C(F)(F)F)C(F)(F)F. The molecule has 1 aromatic carbocycles. The van der Waals surface area contributed by atoms with E-state index in [1.54, 1.807) is 6.07 Å². The van der Waals surface area contributed by atoms with Crippen LogP contribution in [0.3, 0.4) is 0 Å². The van der Waals surface area contributed by atoms with Gasteiger partial charge in [0.05, 0.1) is 0 Å². The zero-order valence-electron chi connectivity index (χ0n) is 9.66. The maximum atomic E-state index is 12.5. The molecule has 2 nitrogen and oxygen atoms in total. The highest BCUT2D eigenvalue weighted by molar-refractivity contribution is 5.77. The maximum Gasteiger partial charge on any atom is 0.403 e. The molecule has 110 valence electrons. The second kappa shape index (κ2) is 4.69. The molecule has 0 aliphatic heterocycles. The summed E-state index contributed by atoms with van der Waals surface area (Å²) in [5.74, 6) is -4.67. The number of fused-ring (bicyclic) bond motifs is 1. The number of furan rings is 1. The summed E-state index contributed by atoms with van der Waals surface area (Å²) in [6.07, 6.45) is -14.1. The summed E-state index contributed by atoms with van der Waals surface area (Å²) in [6.45, 7) is 0. The van der Waals surface area contributed by atoms with E-state index in [0.29, 0.717) is 5.39 Å². The van der Waals surface area contributed by atoms with Gasteiger partial charge in [-0.15, -0.1) is 0 Å². The molecule has 0 radical (unpaired) electrons. The molecular weight excluding hydrogens is 290 g/mol. The van der Waals surface area contributed by atoms with Gasteiger partial charge in [0.2, 0.25) is 0 Å². The molecule has 1 aromatic heterocycles. The number of hydrogen-bond acceptors (Lipinski definition) is 2. The average molecular weight is 298 g/mol. The third-order valence-electron chi connectivity index (χ3n) is 2.76. The summed E-state index contributed by atoms with van der Waals surface area (Å²) in [5.41, 5.74) is 0.102. The second-order valence-corrected chi connectivity index (χ2v) is 4.19. The van der Waals surface area contributed by atoms with E-state index in [2.05, 4.69) is 0 Å². The van der Waals surface area contributed by atoms with Crippen LogP contribution in [0.25, 0.3) is 11.0 Å². The van der Waals surface area contributed by atoms with E-state index in [9.17, 15) is 31.4 Å². The number of alkyl halides is 6. The van der Waals surface area contributed by atoms with Crippen LogP contribution in [-0.2, 0) is 0 Å². The Labute approximate surface area is 108 Å². The molecule has 0 fully saturated rings. The third kappa shape index (κ3) is 2.74. The second-order valence-electron chi connectivity index (χ2n) is 4.19. The van der Waals surface area contributed by atoms with Crippen LogP contribution in [-0.4, -0.2) is 17.5 Å². The summed E-state index contributed by atoms with van der Waals surface area (Å²) < 4.78 is 79.8. The Hall–Kier alpha value is -1.70. The van der Waals surface area contributed by atoms with Gasteiger partial charge in [-0.05, 0) is 12.1 Å². The smallest absolute Gasteiger partial charge is 0.403 e. The van der Waals surface area contributed by atoms with Gasteiger partial charge in [-0.25, -0.2) is 0 Å². The van der Waals surface area contributed by atoms with E-state index >= 15 is 0 Å². The topological polar surface area (TPSA) is 33.4 Å². The fourth-order valence-electron chi connectivity index (χ4n) is 1.86. The van der Waals surface area contributed by atoms with Gasteiger partial charge in [0, 0.05) is 5.39 Å². The predicted octanol–water partition coefficient (Wildman–Crippen LogP) is 4.21. The van der Waals surface area contributed by atoms with Gasteiger partial charge in [-0.1, -0.05) is 18.2 Å². The molecule has 0 saturated carbocycles. The number of benzene rings is 1. The molecule has 8 heteroatoms. The first kappa shape index (κ1) is 14.7. The van der Waals surface area contributed by atoms with Gasteiger partial charge in [-0.3, -0.25) is 0 Å². The van der Waals surface area contributed by atoms with Gasteiger partial charge >= 0.3 is 12.4 Å². The van der Waals surface area contributed by atoms with E-state index in [1.807, 2.05) is 0 Å². The Kier molecular flexibility index (Phi) is 3.45. The van der Waals surface area contributed by atoms with Crippen LogP contribution in [0, 0.1) is 5.92 Å². The van der Waals surface area contributed by atoms with Crippen molar-refractivity contribution in [3.63, 3.8) is 0 Å². The van der Waals surface area contributed by atoms with E-state index in [-0.39, 0.29) is 5.58 Å². The number of rotatable bonds is 2. The highest BCUT2D eigenvalue weighted by Crippen LogP contribution is 2.47. The van der Waals surface area contributed by atoms with Gasteiger partial charge < -0.3 is 9.52 Å². The van der Waals surface area contributed by atoms with Crippen molar-refractivity contribution in [1.82, 2.24) is 0 Å². The molecule has 1 atom stereocenters. The van der Waals surface area contributed by atoms with Gasteiger partial charge in [0.1, 0.15) is 17.4 Å². The van der Waals surface area contributed by atoms with Crippen molar-refractivity contribution >= 4 is 11.0 Å². The maximum absolute atomic E-state index is 12.5. The monoisotopic (exact) mass is 298 g/mol. The highest BCUT2D eigenvalue weighted by atomic mass is 19.4. The first-order valence-electron chi connectivity index (χ1n) is 5.40. The number of para-hydroxylation sites is 1. The summed E-state index contributed by atoms with van der Waals surface area (Å²) in [6, 6.07) is 6.84. The van der Waals surface area contributed by atoms with Gasteiger partial charge in [0.25, 0.3) is 0 Å². The van der Waals surface area contributed by atoms with Crippen LogP contribution in [0.15, 0.2) is 34.7 Å². The lowest BCUT2D eigenvalue weighted by Gasteiger charge is -2.26.